The van der Waals surface area contributed by atoms with Crippen molar-refractivity contribution in [3.05, 3.63) is 24.4 Å². The van der Waals surface area contributed by atoms with Crippen LogP contribution in [0.25, 0.3) is 0 Å². The number of carbonyl (C=O) groups excluding carboxylic acids is 1. The number of nitrogens with one attached hydrogen (secondary N) is 1. The number of rotatable bonds is 9. The van der Waals surface area contributed by atoms with Gasteiger partial charge in [0.25, 0.3) is 0 Å². The first-order valence-electron chi connectivity index (χ1n) is 7.64. The predicted octanol–water partition coefficient (Wildman–Crippen LogP) is 2.60. The molecule has 0 unspecified atom stereocenters. The van der Waals surface area contributed by atoms with E-state index in [1.165, 1.54) is 19.3 Å². The maximum absolute atomic E-state index is 11.6. The zero-order valence-electron chi connectivity index (χ0n) is 12.3. The second kappa shape index (κ2) is 7.88. The minimum Gasteiger partial charge on any atom is -0.360 e. The van der Waals surface area contributed by atoms with Crippen LogP contribution in [0.3, 0.4) is 0 Å². The molecule has 110 valence electrons. The Bertz CT molecular complexity index is 403. The highest BCUT2D eigenvalue weighted by molar-refractivity contribution is 5.75. The average Bonchev–Trinajstić information content (AvgIpc) is 3.28. The topological polar surface area (TPSA) is 45.2 Å². The van der Waals surface area contributed by atoms with E-state index in [1.807, 2.05) is 25.2 Å². The summed E-state index contributed by atoms with van der Waals surface area (Å²) in [6, 6.07) is 5.90. The molecule has 1 saturated carbocycles. The van der Waals surface area contributed by atoms with E-state index < -0.39 is 0 Å². The van der Waals surface area contributed by atoms with E-state index in [0.717, 1.165) is 37.7 Å². The molecule has 0 bridgehead atoms. The summed E-state index contributed by atoms with van der Waals surface area (Å²) in [7, 11) is 2.03. The molecule has 1 aromatic heterocycles. The smallest absolute Gasteiger partial charge is 0.219 e. The van der Waals surface area contributed by atoms with Gasteiger partial charge in [0.1, 0.15) is 5.82 Å². The van der Waals surface area contributed by atoms with Gasteiger partial charge < -0.3 is 10.2 Å². The fourth-order valence-corrected chi connectivity index (χ4v) is 2.28. The van der Waals surface area contributed by atoms with Crippen molar-refractivity contribution < 1.29 is 4.79 Å². The van der Waals surface area contributed by atoms with Crippen molar-refractivity contribution in [3.63, 3.8) is 0 Å². The molecule has 1 N–H and O–H groups in total. The van der Waals surface area contributed by atoms with Gasteiger partial charge in [0.15, 0.2) is 0 Å². The zero-order valence-corrected chi connectivity index (χ0v) is 12.3. The number of nitrogens with zero attached hydrogens (tertiary/aromatic N) is 2. The normalized spacial score (nSPS) is 14.1. The van der Waals surface area contributed by atoms with Crippen molar-refractivity contribution in [2.24, 2.45) is 5.92 Å². The number of anilines is 1. The van der Waals surface area contributed by atoms with Gasteiger partial charge in [0.2, 0.25) is 5.91 Å². The SMILES string of the molecule is CN(CCCNC(=O)CCCC1CC1)c1ccccn1. The van der Waals surface area contributed by atoms with Crippen LogP contribution in [0.15, 0.2) is 24.4 Å². The lowest BCUT2D eigenvalue weighted by Gasteiger charge is -2.17. The van der Waals surface area contributed by atoms with Gasteiger partial charge in [-0.1, -0.05) is 18.9 Å². The minimum atomic E-state index is 0.200. The highest BCUT2D eigenvalue weighted by Gasteiger charge is 2.20. The fraction of sp³-hybridized carbons (Fsp3) is 0.625. The number of carbonyl (C=O) groups is 1. The first-order valence-corrected chi connectivity index (χ1v) is 7.64. The third-order valence-electron chi connectivity index (χ3n) is 3.75. The number of hydrogen-bond donors (Lipinski definition) is 1. The predicted molar refractivity (Wildman–Crippen MR) is 81.7 cm³/mol. The van der Waals surface area contributed by atoms with E-state index in [4.69, 9.17) is 0 Å². The molecule has 0 saturated heterocycles. The number of hydrogen-bond acceptors (Lipinski definition) is 3. The molecule has 0 aliphatic heterocycles. The van der Waals surface area contributed by atoms with Crippen molar-refractivity contribution >= 4 is 11.7 Å². The molecule has 20 heavy (non-hydrogen) atoms. The van der Waals surface area contributed by atoms with Gasteiger partial charge in [-0.25, -0.2) is 4.98 Å². The van der Waals surface area contributed by atoms with Crippen molar-refractivity contribution in [1.82, 2.24) is 10.3 Å². The molecule has 0 radical (unpaired) electrons. The van der Waals surface area contributed by atoms with Gasteiger partial charge in [-0.3, -0.25) is 4.79 Å². The minimum absolute atomic E-state index is 0.200. The van der Waals surface area contributed by atoms with E-state index in [0.29, 0.717) is 6.42 Å². The second-order valence-corrected chi connectivity index (χ2v) is 5.65. The quantitative estimate of drug-likeness (QED) is 0.705. The van der Waals surface area contributed by atoms with Crippen molar-refractivity contribution in [3.8, 4) is 0 Å². The third-order valence-corrected chi connectivity index (χ3v) is 3.75. The maximum atomic E-state index is 11.6. The van der Waals surface area contributed by atoms with E-state index in [9.17, 15) is 4.79 Å². The number of amides is 1. The van der Waals surface area contributed by atoms with Crippen LogP contribution in [-0.2, 0) is 4.79 Å². The van der Waals surface area contributed by atoms with Gasteiger partial charge >= 0.3 is 0 Å². The molecule has 1 fully saturated rings. The summed E-state index contributed by atoms with van der Waals surface area (Å²) in [6.45, 7) is 1.65. The van der Waals surface area contributed by atoms with Crippen LogP contribution in [0.1, 0.15) is 38.5 Å². The molecule has 0 aromatic carbocycles. The Morgan fingerprint density at radius 2 is 2.25 bits per heavy atom. The van der Waals surface area contributed by atoms with Crippen molar-refractivity contribution in [1.29, 1.82) is 0 Å². The first-order chi connectivity index (χ1) is 9.75. The molecule has 2 rings (SSSR count). The van der Waals surface area contributed by atoms with E-state index in [-0.39, 0.29) is 5.91 Å². The highest BCUT2D eigenvalue weighted by Crippen LogP contribution is 2.33. The number of pyridine rings is 1. The van der Waals surface area contributed by atoms with Crippen molar-refractivity contribution in [2.45, 2.75) is 38.5 Å². The molecule has 1 heterocycles. The molecule has 4 nitrogen and oxygen atoms in total. The summed E-state index contributed by atoms with van der Waals surface area (Å²) in [6.07, 6.45) is 8.46. The molecular weight excluding hydrogens is 250 g/mol. The van der Waals surface area contributed by atoms with Crippen LogP contribution >= 0.6 is 0 Å². The Morgan fingerprint density at radius 3 is 2.95 bits per heavy atom. The molecule has 4 heteroatoms. The summed E-state index contributed by atoms with van der Waals surface area (Å²) in [5.74, 6) is 2.10. The molecule has 1 aromatic rings. The van der Waals surface area contributed by atoms with Crippen LogP contribution in [0.2, 0.25) is 0 Å². The molecule has 1 aliphatic carbocycles. The fourth-order valence-electron chi connectivity index (χ4n) is 2.28. The molecule has 1 amide bonds. The van der Waals surface area contributed by atoms with Gasteiger partial charge in [-0.2, -0.15) is 0 Å². The van der Waals surface area contributed by atoms with Crippen LogP contribution < -0.4 is 10.2 Å². The third kappa shape index (κ3) is 5.59. The van der Waals surface area contributed by atoms with Crippen LogP contribution in [0.4, 0.5) is 5.82 Å². The Kier molecular flexibility index (Phi) is 5.84. The summed E-state index contributed by atoms with van der Waals surface area (Å²) >= 11 is 0. The lowest BCUT2D eigenvalue weighted by Crippen LogP contribution is -2.28. The lowest BCUT2D eigenvalue weighted by atomic mass is 10.2. The summed E-state index contributed by atoms with van der Waals surface area (Å²) in [4.78, 5) is 18.0. The Labute approximate surface area is 121 Å². The van der Waals surface area contributed by atoms with Crippen LogP contribution in [0.5, 0.6) is 0 Å². The lowest BCUT2D eigenvalue weighted by molar-refractivity contribution is -0.121. The second-order valence-electron chi connectivity index (χ2n) is 5.65. The zero-order chi connectivity index (χ0) is 14.2. The summed E-state index contributed by atoms with van der Waals surface area (Å²) in [5, 5.41) is 3.00. The van der Waals surface area contributed by atoms with Crippen LogP contribution in [-0.4, -0.2) is 31.0 Å². The Hall–Kier alpha value is -1.58. The van der Waals surface area contributed by atoms with E-state index in [1.54, 1.807) is 6.20 Å². The van der Waals surface area contributed by atoms with Gasteiger partial charge in [-0.05, 0) is 37.3 Å². The standard InChI is InChI=1S/C16H25N3O/c1-19(15-7-2-3-11-17-15)13-5-12-18-16(20)8-4-6-14-9-10-14/h2-3,7,11,14H,4-6,8-10,12-13H2,1H3,(H,18,20). The monoisotopic (exact) mass is 275 g/mol. The van der Waals surface area contributed by atoms with E-state index >= 15 is 0 Å². The highest BCUT2D eigenvalue weighted by atomic mass is 16.1. The first kappa shape index (κ1) is 14.8. The Balaban J connectivity index is 1.50. The summed E-state index contributed by atoms with van der Waals surface area (Å²) < 4.78 is 0. The van der Waals surface area contributed by atoms with Gasteiger partial charge in [-0.15, -0.1) is 0 Å². The molecule has 1 aliphatic rings. The molecule has 0 atom stereocenters. The Morgan fingerprint density at radius 1 is 1.40 bits per heavy atom. The maximum Gasteiger partial charge on any atom is 0.219 e. The average molecular weight is 275 g/mol. The molecule has 0 spiro atoms. The summed E-state index contributed by atoms with van der Waals surface area (Å²) in [5.41, 5.74) is 0. The van der Waals surface area contributed by atoms with Gasteiger partial charge in [0, 0.05) is 32.8 Å². The van der Waals surface area contributed by atoms with Gasteiger partial charge in [0.05, 0.1) is 0 Å². The largest absolute Gasteiger partial charge is 0.360 e. The molecular formula is C16H25N3O. The van der Waals surface area contributed by atoms with Crippen LogP contribution in [0, 0.1) is 5.92 Å². The number of aromatic nitrogens is 1. The van der Waals surface area contributed by atoms with E-state index in [2.05, 4.69) is 15.2 Å². The van der Waals surface area contributed by atoms with Crippen molar-refractivity contribution in [2.75, 3.05) is 25.0 Å².